The normalized spacial score (nSPS) is 16.9. The van der Waals surface area contributed by atoms with E-state index in [1.165, 1.54) is 17.0 Å². The fraction of sp³-hybridized carbons (Fsp3) is 0.462. The van der Waals surface area contributed by atoms with Gasteiger partial charge in [-0.25, -0.2) is 8.78 Å². The number of aliphatic hydroxyl groups excluding tert-OH is 1. The van der Waals surface area contributed by atoms with E-state index in [9.17, 15) is 13.6 Å². The molecule has 98 valence electrons. The summed E-state index contributed by atoms with van der Waals surface area (Å²) in [5, 5.41) is 9.00. The summed E-state index contributed by atoms with van der Waals surface area (Å²) >= 11 is 0. The lowest BCUT2D eigenvalue weighted by molar-refractivity contribution is 0.0645. The Morgan fingerprint density at radius 1 is 1.33 bits per heavy atom. The maximum Gasteiger partial charge on any atom is 0.256 e. The van der Waals surface area contributed by atoms with Crippen molar-refractivity contribution in [1.29, 1.82) is 0 Å². The first-order valence-electron chi connectivity index (χ1n) is 5.97. The molecular weight excluding hydrogens is 240 g/mol. The lowest BCUT2D eigenvalue weighted by Crippen LogP contribution is -2.39. The second kappa shape index (κ2) is 5.44. The van der Waals surface area contributed by atoms with Crippen LogP contribution in [0.25, 0.3) is 0 Å². The van der Waals surface area contributed by atoms with Crippen LogP contribution in [0.2, 0.25) is 0 Å². The number of benzene rings is 1. The van der Waals surface area contributed by atoms with Crippen molar-refractivity contribution >= 4 is 5.91 Å². The summed E-state index contributed by atoms with van der Waals surface area (Å²) in [5.74, 6) is -2.38. The molecule has 0 aliphatic carbocycles. The fourth-order valence-corrected chi connectivity index (χ4v) is 2.16. The Morgan fingerprint density at radius 2 is 2.00 bits per heavy atom. The van der Waals surface area contributed by atoms with Gasteiger partial charge in [-0.3, -0.25) is 4.79 Å². The molecule has 0 aromatic heterocycles. The first-order valence-corrected chi connectivity index (χ1v) is 5.97. The Hall–Kier alpha value is -1.49. The number of hydrogen-bond donors (Lipinski definition) is 1. The lowest BCUT2D eigenvalue weighted by atomic mass is 9.97. The van der Waals surface area contributed by atoms with Gasteiger partial charge in [-0.15, -0.1) is 0 Å². The van der Waals surface area contributed by atoms with E-state index in [0.717, 1.165) is 6.07 Å². The molecule has 2 rings (SSSR count). The van der Waals surface area contributed by atoms with E-state index in [2.05, 4.69) is 0 Å². The van der Waals surface area contributed by atoms with Crippen molar-refractivity contribution in [3.8, 4) is 0 Å². The van der Waals surface area contributed by atoms with Crippen LogP contribution in [0.1, 0.15) is 23.2 Å². The monoisotopic (exact) mass is 255 g/mol. The minimum Gasteiger partial charge on any atom is -0.396 e. The van der Waals surface area contributed by atoms with Gasteiger partial charge in [0.15, 0.2) is 11.6 Å². The van der Waals surface area contributed by atoms with Crippen LogP contribution in [0.3, 0.4) is 0 Å². The first kappa shape index (κ1) is 13.0. The second-order valence-electron chi connectivity index (χ2n) is 4.52. The van der Waals surface area contributed by atoms with Gasteiger partial charge in [-0.05, 0) is 30.9 Å². The minimum absolute atomic E-state index is 0.107. The van der Waals surface area contributed by atoms with Crippen molar-refractivity contribution in [2.45, 2.75) is 12.8 Å². The number of amides is 1. The number of piperidine rings is 1. The molecule has 1 aromatic rings. The molecule has 1 aliphatic heterocycles. The number of halogens is 2. The highest BCUT2D eigenvalue weighted by molar-refractivity contribution is 5.94. The van der Waals surface area contributed by atoms with Crippen molar-refractivity contribution in [1.82, 2.24) is 4.90 Å². The van der Waals surface area contributed by atoms with E-state index in [1.807, 2.05) is 0 Å². The zero-order valence-electron chi connectivity index (χ0n) is 9.90. The molecule has 0 unspecified atom stereocenters. The standard InChI is InChI=1S/C13H15F2NO2/c14-11-3-1-2-10(12(11)15)13(18)16-6-4-9(8-17)5-7-16/h1-3,9,17H,4-8H2. The minimum atomic E-state index is -1.09. The predicted molar refractivity (Wildman–Crippen MR) is 62.1 cm³/mol. The largest absolute Gasteiger partial charge is 0.396 e. The summed E-state index contributed by atoms with van der Waals surface area (Å²) in [6.07, 6.45) is 1.39. The Balaban J connectivity index is 2.10. The Bertz CT molecular complexity index is 443. The SMILES string of the molecule is O=C(c1cccc(F)c1F)N1CCC(CO)CC1. The lowest BCUT2D eigenvalue weighted by Gasteiger charge is -2.31. The van der Waals surface area contributed by atoms with Gasteiger partial charge in [0.2, 0.25) is 0 Å². The summed E-state index contributed by atoms with van der Waals surface area (Å²) in [6.45, 7) is 1.05. The van der Waals surface area contributed by atoms with E-state index in [-0.39, 0.29) is 18.1 Å². The van der Waals surface area contributed by atoms with Crippen LogP contribution in [0.4, 0.5) is 8.78 Å². The summed E-state index contributed by atoms with van der Waals surface area (Å²) in [7, 11) is 0. The third-order valence-corrected chi connectivity index (χ3v) is 3.34. The van der Waals surface area contributed by atoms with Crippen molar-refractivity contribution in [2.75, 3.05) is 19.7 Å². The summed E-state index contributed by atoms with van der Waals surface area (Å²) in [4.78, 5) is 13.5. The molecule has 1 N–H and O–H groups in total. The molecule has 3 nitrogen and oxygen atoms in total. The third-order valence-electron chi connectivity index (χ3n) is 3.34. The highest BCUT2D eigenvalue weighted by atomic mass is 19.2. The molecule has 1 aromatic carbocycles. The number of rotatable bonds is 2. The molecule has 0 atom stereocenters. The van der Waals surface area contributed by atoms with Crippen LogP contribution in [0, 0.1) is 17.6 Å². The molecule has 1 saturated heterocycles. The predicted octanol–water partition coefficient (Wildman–Crippen LogP) is 1.81. The summed E-state index contributed by atoms with van der Waals surface area (Å²) < 4.78 is 26.5. The second-order valence-corrected chi connectivity index (χ2v) is 4.52. The van der Waals surface area contributed by atoms with E-state index in [4.69, 9.17) is 5.11 Å². The van der Waals surface area contributed by atoms with Crippen LogP contribution in [-0.4, -0.2) is 35.6 Å². The summed E-state index contributed by atoms with van der Waals surface area (Å²) in [5.41, 5.74) is -0.225. The van der Waals surface area contributed by atoms with Crippen LogP contribution in [0.5, 0.6) is 0 Å². The van der Waals surface area contributed by atoms with Crippen molar-refractivity contribution in [2.24, 2.45) is 5.92 Å². The Morgan fingerprint density at radius 3 is 2.61 bits per heavy atom. The highest BCUT2D eigenvalue weighted by Crippen LogP contribution is 2.20. The number of hydrogen-bond acceptors (Lipinski definition) is 2. The fourth-order valence-electron chi connectivity index (χ4n) is 2.16. The van der Waals surface area contributed by atoms with E-state index >= 15 is 0 Å². The molecule has 1 amide bonds. The molecule has 0 radical (unpaired) electrons. The molecule has 5 heteroatoms. The quantitative estimate of drug-likeness (QED) is 0.875. The van der Waals surface area contributed by atoms with Crippen LogP contribution in [0.15, 0.2) is 18.2 Å². The van der Waals surface area contributed by atoms with Gasteiger partial charge in [0, 0.05) is 19.7 Å². The number of likely N-dealkylation sites (tertiary alicyclic amines) is 1. The average Bonchev–Trinajstić information content (AvgIpc) is 2.41. The van der Waals surface area contributed by atoms with Gasteiger partial charge < -0.3 is 10.0 Å². The molecule has 18 heavy (non-hydrogen) atoms. The van der Waals surface area contributed by atoms with Crippen LogP contribution < -0.4 is 0 Å². The molecule has 0 spiro atoms. The average molecular weight is 255 g/mol. The first-order chi connectivity index (χ1) is 8.63. The zero-order chi connectivity index (χ0) is 13.1. The topological polar surface area (TPSA) is 40.5 Å². The van der Waals surface area contributed by atoms with E-state index in [1.54, 1.807) is 0 Å². The van der Waals surface area contributed by atoms with Crippen molar-refractivity contribution in [3.63, 3.8) is 0 Å². The van der Waals surface area contributed by atoms with Crippen molar-refractivity contribution < 1.29 is 18.7 Å². The maximum absolute atomic E-state index is 13.5. The summed E-state index contributed by atoms with van der Waals surface area (Å²) in [6, 6.07) is 3.61. The molecule has 0 bridgehead atoms. The van der Waals surface area contributed by atoms with Gasteiger partial charge in [-0.1, -0.05) is 6.07 Å². The molecule has 0 saturated carbocycles. The van der Waals surface area contributed by atoms with Crippen LogP contribution >= 0.6 is 0 Å². The highest BCUT2D eigenvalue weighted by Gasteiger charge is 2.25. The number of carbonyl (C=O) groups excluding carboxylic acids is 1. The molecule has 1 aliphatic rings. The number of nitrogens with zero attached hydrogens (tertiary/aromatic N) is 1. The molecular formula is C13H15F2NO2. The van der Waals surface area contributed by atoms with Crippen LogP contribution in [-0.2, 0) is 0 Å². The van der Waals surface area contributed by atoms with Gasteiger partial charge in [-0.2, -0.15) is 0 Å². The van der Waals surface area contributed by atoms with Gasteiger partial charge in [0.1, 0.15) is 0 Å². The number of carbonyl (C=O) groups is 1. The Labute approximate surface area is 104 Å². The van der Waals surface area contributed by atoms with Crippen molar-refractivity contribution in [3.05, 3.63) is 35.4 Å². The Kier molecular flexibility index (Phi) is 3.91. The molecule has 1 fully saturated rings. The maximum atomic E-state index is 13.5. The third kappa shape index (κ3) is 2.51. The van der Waals surface area contributed by atoms with E-state index < -0.39 is 17.5 Å². The van der Waals surface area contributed by atoms with Gasteiger partial charge in [0.25, 0.3) is 5.91 Å². The van der Waals surface area contributed by atoms with Gasteiger partial charge in [0.05, 0.1) is 5.56 Å². The van der Waals surface area contributed by atoms with Gasteiger partial charge >= 0.3 is 0 Å². The van der Waals surface area contributed by atoms with E-state index in [0.29, 0.717) is 25.9 Å². The smallest absolute Gasteiger partial charge is 0.256 e. The number of aliphatic hydroxyl groups is 1. The zero-order valence-corrected chi connectivity index (χ0v) is 9.90. The molecule has 1 heterocycles.